The molecule has 2 amide bonds. The van der Waals surface area contributed by atoms with Gasteiger partial charge in [-0.2, -0.15) is 13.2 Å². The van der Waals surface area contributed by atoms with Gasteiger partial charge in [0.15, 0.2) is 0 Å². The standard InChI is InChI=1S/C30H32ClF4N3O4S/c1-20(2)17-36-29(40)27(15-21-9-5-4-6-10-21)37(18-22-11-7-8-12-26(22)32)28(39)19-38(43(3,41)42)23-13-14-25(31)24(16-23)30(33,34)35/h4-14,16,20,27H,15,17-19H2,1-3H3,(H,36,40)/t27-/m0/s1. The highest BCUT2D eigenvalue weighted by molar-refractivity contribution is 7.92. The van der Waals surface area contributed by atoms with E-state index in [9.17, 15) is 35.6 Å². The van der Waals surface area contributed by atoms with E-state index in [1.807, 2.05) is 13.8 Å². The Balaban J connectivity index is 2.10. The van der Waals surface area contributed by atoms with Crippen molar-refractivity contribution in [1.82, 2.24) is 10.2 Å². The van der Waals surface area contributed by atoms with Gasteiger partial charge in [-0.1, -0.05) is 74.0 Å². The Hall–Kier alpha value is -3.64. The maximum absolute atomic E-state index is 14.8. The molecule has 1 N–H and O–H groups in total. The van der Waals surface area contributed by atoms with Crippen molar-refractivity contribution in [2.45, 2.75) is 39.0 Å². The van der Waals surface area contributed by atoms with E-state index in [1.54, 1.807) is 36.4 Å². The highest BCUT2D eigenvalue weighted by Gasteiger charge is 2.36. The zero-order valence-corrected chi connectivity index (χ0v) is 25.3. The first kappa shape index (κ1) is 33.9. The van der Waals surface area contributed by atoms with Crippen molar-refractivity contribution in [3.63, 3.8) is 0 Å². The highest BCUT2D eigenvalue weighted by atomic mass is 35.5. The van der Waals surface area contributed by atoms with E-state index < -0.39 is 69.2 Å². The zero-order valence-electron chi connectivity index (χ0n) is 23.7. The van der Waals surface area contributed by atoms with E-state index in [0.29, 0.717) is 15.9 Å². The monoisotopic (exact) mass is 641 g/mol. The summed E-state index contributed by atoms with van der Waals surface area (Å²) < 4.78 is 81.7. The fourth-order valence-electron chi connectivity index (χ4n) is 4.29. The summed E-state index contributed by atoms with van der Waals surface area (Å²) in [6.07, 6.45) is -4.16. The van der Waals surface area contributed by atoms with Gasteiger partial charge in [-0.25, -0.2) is 12.8 Å². The van der Waals surface area contributed by atoms with Crippen LogP contribution in [0.3, 0.4) is 0 Å². The summed E-state index contributed by atoms with van der Waals surface area (Å²) in [4.78, 5) is 28.6. The Morgan fingerprint density at radius 2 is 1.60 bits per heavy atom. The second-order valence-corrected chi connectivity index (χ2v) is 12.7. The summed E-state index contributed by atoms with van der Waals surface area (Å²) in [7, 11) is -4.33. The Labute approximate surface area is 253 Å². The van der Waals surface area contributed by atoms with Crippen LogP contribution in [0.25, 0.3) is 0 Å². The Morgan fingerprint density at radius 3 is 2.19 bits per heavy atom. The predicted molar refractivity (Wildman–Crippen MR) is 157 cm³/mol. The van der Waals surface area contributed by atoms with Crippen molar-refractivity contribution in [1.29, 1.82) is 0 Å². The summed E-state index contributed by atoms with van der Waals surface area (Å²) >= 11 is 5.72. The lowest BCUT2D eigenvalue weighted by molar-refractivity contribution is -0.140. The Morgan fingerprint density at radius 1 is 0.977 bits per heavy atom. The Bertz CT molecular complexity index is 1540. The molecule has 0 aromatic heterocycles. The maximum atomic E-state index is 14.8. The topological polar surface area (TPSA) is 86.8 Å². The Kier molecular flexibility index (Phi) is 11.2. The maximum Gasteiger partial charge on any atom is 0.417 e. The molecule has 3 aromatic rings. The number of nitrogens with zero attached hydrogens (tertiary/aromatic N) is 2. The van der Waals surface area contributed by atoms with Gasteiger partial charge in [-0.05, 0) is 35.7 Å². The second kappa shape index (κ2) is 14.2. The van der Waals surface area contributed by atoms with Crippen LogP contribution >= 0.6 is 11.6 Å². The molecule has 0 fully saturated rings. The highest BCUT2D eigenvalue weighted by Crippen LogP contribution is 2.37. The van der Waals surface area contributed by atoms with Crippen LogP contribution in [0, 0.1) is 11.7 Å². The van der Waals surface area contributed by atoms with Crippen LogP contribution in [-0.2, 0) is 38.8 Å². The molecule has 3 aromatic carbocycles. The van der Waals surface area contributed by atoms with Gasteiger partial charge in [0, 0.05) is 25.1 Å². The SMILES string of the molecule is CC(C)CNC(=O)[C@H](Cc1ccccc1)N(Cc1ccccc1F)C(=O)CN(c1ccc(Cl)c(C(F)(F)F)c1)S(C)(=O)=O. The van der Waals surface area contributed by atoms with Crippen LogP contribution in [0.5, 0.6) is 0 Å². The van der Waals surface area contributed by atoms with Gasteiger partial charge in [-0.15, -0.1) is 0 Å². The number of alkyl halides is 3. The van der Waals surface area contributed by atoms with Gasteiger partial charge in [-0.3, -0.25) is 13.9 Å². The second-order valence-electron chi connectivity index (χ2n) is 10.4. The quantitative estimate of drug-likeness (QED) is 0.258. The van der Waals surface area contributed by atoms with Crippen molar-refractivity contribution in [3.8, 4) is 0 Å². The van der Waals surface area contributed by atoms with Crippen LogP contribution in [0.4, 0.5) is 23.2 Å². The molecule has 0 radical (unpaired) electrons. The number of nitrogens with one attached hydrogen (secondary N) is 1. The van der Waals surface area contributed by atoms with Crippen molar-refractivity contribution in [3.05, 3.63) is 100 Å². The molecular formula is C30H32ClF4N3O4S. The average Bonchev–Trinajstić information content (AvgIpc) is 2.93. The van der Waals surface area contributed by atoms with Crippen LogP contribution < -0.4 is 9.62 Å². The summed E-state index contributed by atoms with van der Waals surface area (Å²) in [6, 6.07) is 15.6. The zero-order chi connectivity index (χ0) is 31.9. The van der Waals surface area contributed by atoms with E-state index in [4.69, 9.17) is 11.6 Å². The molecule has 0 aliphatic carbocycles. The lowest BCUT2D eigenvalue weighted by atomic mass is 10.0. The van der Waals surface area contributed by atoms with Gasteiger partial charge in [0.05, 0.1) is 22.5 Å². The number of hydrogen-bond acceptors (Lipinski definition) is 4. The number of sulfonamides is 1. The number of benzene rings is 3. The molecular weight excluding hydrogens is 610 g/mol. The van der Waals surface area contributed by atoms with Crippen molar-refractivity contribution in [2.75, 3.05) is 23.7 Å². The molecule has 232 valence electrons. The third-order valence-corrected chi connectivity index (χ3v) is 7.95. The predicted octanol–water partition coefficient (Wildman–Crippen LogP) is 5.68. The van der Waals surface area contributed by atoms with E-state index in [-0.39, 0.29) is 24.4 Å². The normalized spacial score (nSPS) is 12.6. The molecule has 0 unspecified atom stereocenters. The number of anilines is 1. The first-order valence-corrected chi connectivity index (χ1v) is 15.5. The molecule has 0 aliphatic rings. The van der Waals surface area contributed by atoms with Gasteiger partial charge >= 0.3 is 6.18 Å². The van der Waals surface area contributed by atoms with E-state index in [1.165, 1.54) is 18.2 Å². The van der Waals surface area contributed by atoms with Crippen LogP contribution in [0.2, 0.25) is 5.02 Å². The molecule has 0 heterocycles. The molecule has 0 bridgehead atoms. The number of rotatable bonds is 12. The molecule has 0 aliphatic heterocycles. The van der Waals surface area contributed by atoms with Crippen molar-refractivity contribution < 1.29 is 35.6 Å². The van der Waals surface area contributed by atoms with Gasteiger partial charge in [0.1, 0.15) is 18.4 Å². The van der Waals surface area contributed by atoms with Crippen LogP contribution in [0.15, 0.2) is 72.8 Å². The number of carbonyl (C=O) groups excluding carboxylic acids is 2. The van der Waals surface area contributed by atoms with Gasteiger partial charge in [0.25, 0.3) is 0 Å². The summed E-state index contributed by atoms with van der Waals surface area (Å²) in [5, 5.41) is 2.13. The summed E-state index contributed by atoms with van der Waals surface area (Å²) in [5.41, 5.74) is -1.01. The minimum atomic E-state index is -4.90. The molecule has 0 spiro atoms. The number of amides is 2. The van der Waals surface area contributed by atoms with E-state index >= 15 is 0 Å². The molecule has 13 heteroatoms. The first-order chi connectivity index (χ1) is 20.1. The van der Waals surface area contributed by atoms with E-state index in [0.717, 1.165) is 23.3 Å². The van der Waals surface area contributed by atoms with E-state index in [2.05, 4.69) is 5.32 Å². The fourth-order valence-corrected chi connectivity index (χ4v) is 5.35. The van der Waals surface area contributed by atoms with Crippen molar-refractivity contribution in [2.24, 2.45) is 5.92 Å². The van der Waals surface area contributed by atoms with Gasteiger partial charge in [0.2, 0.25) is 21.8 Å². The largest absolute Gasteiger partial charge is 0.417 e. The fraction of sp³-hybridized carbons (Fsp3) is 0.333. The summed E-state index contributed by atoms with van der Waals surface area (Å²) in [5.74, 6) is -2.09. The third-order valence-electron chi connectivity index (χ3n) is 6.48. The third kappa shape index (κ3) is 9.42. The molecule has 3 rings (SSSR count). The molecule has 43 heavy (non-hydrogen) atoms. The van der Waals surface area contributed by atoms with Crippen molar-refractivity contribution >= 4 is 39.1 Å². The number of halogens is 5. The van der Waals surface area contributed by atoms with Gasteiger partial charge < -0.3 is 10.2 Å². The minimum Gasteiger partial charge on any atom is -0.354 e. The first-order valence-electron chi connectivity index (χ1n) is 13.3. The lowest BCUT2D eigenvalue weighted by Crippen LogP contribution is -2.53. The molecule has 0 saturated heterocycles. The average molecular weight is 642 g/mol. The smallest absolute Gasteiger partial charge is 0.354 e. The minimum absolute atomic E-state index is 0.00298. The molecule has 7 nitrogen and oxygen atoms in total. The number of carbonyl (C=O) groups is 2. The summed E-state index contributed by atoms with van der Waals surface area (Å²) in [6.45, 7) is 2.64. The van der Waals surface area contributed by atoms with Crippen LogP contribution in [0.1, 0.15) is 30.5 Å². The number of hydrogen-bond donors (Lipinski definition) is 1. The molecule has 1 atom stereocenters. The molecule has 0 saturated carbocycles. The lowest BCUT2D eigenvalue weighted by Gasteiger charge is -2.33. The van der Waals surface area contributed by atoms with Crippen LogP contribution in [-0.4, -0.2) is 50.5 Å².